The van der Waals surface area contributed by atoms with Crippen molar-refractivity contribution in [1.82, 2.24) is 4.90 Å². The highest BCUT2D eigenvalue weighted by Crippen LogP contribution is 2.15. The van der Waals surface area contributed by atoms with Gasteiger partial charge in [-0.25, -0.2) is 4.79 Å². The number of aliphatic hydroxyl groups excluding tert-OH is 2. The Labute approximate surface area is 90.6 Å². The average molecular weight is 219 g/mol. The Bertz CT molecular complexity index is 188. The SMILES string of the molecule is CCC(C)(C)OC(=O)N(CCO)CCO. The number of hydrogen-bond donors (Lipinski definition) is 2. The predicted molar refractivity (Wildman–Crippen MR) is 56.6 cm³/mol. The van der Waals surface area contributed by atoms with Gasteiger partial charge in [-0.05, 0) is 20.3 Å². The lowest BCUT2D eigenvalue weighted by atomic mass is 10.1. The number of aliphatic hydroxyl groups is 2. The number of carbonyl (C=O) groups excluding carboxylic acids is 1. The second-order valence-corrected chi connectivity index (χ2v) is 3.92. The Morgan fingerprint density at radius 3 is 2.07 bits per heavy atom. The molecule has 0 unspecified atom stereocenters. The van der Waals surface area contributed by atoms with Crippen LogP contribution in [-0.4, -0.2) is 53.1 Å². The van der Waals surface area contributed by atoms with Gasteiger partial charge in [0.05, 0.1) is 13.2 Å². The van der Waals surface area contributed by atoms with E-state index in [1.807, 2.05) is 20.8 Å². The van der Waals surface area contributed by atoms with Crippen LogP contribution in [0.15, 0.2) is 0 Å². The molecule has 0 aliphatic heterocycles. The lowest BCUT2D eigenvalue weighted by Crippen LogP contribution is -2.40. The molecule has 0 saturated heterocycles. The number of carbonyl (C=O) groups is 1. The van der Waals surface area contributed by atoms with Gasteiger partial charge in [-0.15, -0.1) is 0 Å². The quantitative estimate of drug-likeness (QED) is 0.686. The van der Waals surface area contributed by atoms with Crippen LogP contribution < -0.4 is 0 Å². The van der Waals surface area contributed by atoms with Gasteiger partial charge in [-0.2, -0.15) is 0 Å². The van der Waals surface area contributed by atoms with Gasteiger partial charge in [0.15, 0.2) is 0 Å². The third-order valence-corrected chi connectivity index (χ3v) is 2.21. The largest absolute Gasteiger partial charge is 0.443 e. The second-order valence-electron chi connectivity index (χ2n) is 3.92. The van der Waals surface area contributed by atoms with E-state index in [0.717, 1.165) is 0 Å². The van der Waals surface area contributed by atoms with Crippen LogP contribution in [0.4, 0.5) is 4.79 Å². The van der Waals surface area contributed by atoms with E-state index < -0.39 is 11.7 Å². The molecule has 5 heteroatoms. The van der Waals surface area contributed by atoms with Gasteiger partial charge in [0, 0.05) is 13.1 Å². The molecule has 1 amide bonds. The summed E-state index contributed by atoms with van der Waals surface area (Å²) in [7, 11) is 0. The van der Waals surface area contributed by atoms with E-state index in [1.165, 1.54) is 4.90 Å². The number of hydrogen-bond acceptors (Lipinski definition) is 4. The maximum absolute atomic E-state index is 11.6. The summed E-state index contributed by atoms with van der Waals surface area (Å²) in [5.41, 5.74) is -0.514. The Balaban J connectivity index is 4.24. The number of nitrogens with zero attached hydrogens (tertiary/aromatic N) is 1. The zero-order valence-corrected chi connectivity index (χ0v) is 9.69. The number of rotatable bonds is 6. The van der Waals surface area contributed by atoms with Crippen LogP contribution in [0.25, 0.3) is 0 Å². The molecule has 0 aromatic rings. The first kappa shape index (κ1) is 14.2. The Morgan fingerprint density at radius 2 is 1.73 bits per heavy atom. The number of ether oxygens (including phenoxy) is 1. The minimum atomic E-state index is -0.514. The molecule has 0 rings (SSSR count). The van der Waals surface area contributed by atoms with Crippen LogP contribution in [-0.2, 0) is 4.74 Å². The van der Waals surface area contributed by atoms with Gasteiger partial charge in [0.25, 0.3) is 0 Å². The third-order valence-electron chi connectivity index (χ3n) is 2.21. The fraction of sp³-hybridized carbons (Fsp3) is 0.900. The summed E-state index contributed by atoms with van der Waals surface area (Å²) in [4.78, 5) is 12.9. The molecule has 0 fully saturated rings. The fourth-order valence-corrected chi connectivity index (χ4v) is 0.909. The molecular formula is C10H21NO4. The summed E-state index contributed by atoms with van der Waals surface area (Å²) in [5, 5.41) is 17.5. The summed E-state index contributed by atoms with van der Waals surface area (Å²) in [6.45, 7) is 5.65. The highest BCUT2D eigenvalue weighted by atomic mass is 16.6. The Kier molecular flexibility index (Phi) is 6.27. The molecule has 2 N–H and O–H groups in total. The highest BCUT2D eigenvalue weighted by Gasteiger charge is 2.23. The Hall–Kier alpha value is -0.810. The lowest BCUT2D eigenvalue weighted by Gasteiger charge is -2.28. The summed E-state index contributed by atoms with van der Waals surface area (Å²) >= 11 is 0. The monoisotopic (exact) mass is 219 g/mol. The van der Waals surface area contributed by atoms with Gasteiger partial charge in [0.2, 0.25) is 0 Å². The minimum absolute atomic E-state index is 0.137. The van der Waals surface area contributed by atoms with E-state index in [2.05, 4.69) is 0 Å². The van der Waals surface area contributed by atoms with E-state index in [1.54, 1.807) is 0 Å². The summed E-state index contributed by atoms with van der Waals surface area (Å²) in [6, 6.07) is 0. The molecule has 0 aromatic carbocycles. The van der Waals surface area contributed by atoms with E-state index in [4.69, 9.17) is 14.9 Å². The standard InChI is InChI=1S/C10H21NO4/c1-4-10(2,3)15-9(14)11(5-7-12)6-8-13/h12-13H,4-8H2,1-3H3. The molecule has 15 heavy (non-hydrogen) atoms. The van der Waals surface area contributed by atoms with Crippen molar-refractivity contribution in [3.63, 3.8) is 0 Å². The summed E-state index contributed by atoms with van der Waals surface area (Å²) in [5.74, 6) is 0. The molecule has 0 atom stereocenters. The van der Waals surface area contributed by atoms with Crippen molar-refractivity contribution >= 4 is 6.09 Å². The van der Waals surface area contributed by atoms with Crippen LogP contribution >= 0.6 is 0 Å². The Morgan fingerprint density at radius 1 is 1.27 bits per heavy atom. The van der Waals surface area contributed by atoms with Crippen LogP contribution in [0.2, 0.25) is 0 Å². The lowest BCUT2D eigenvalue weighted by molar-refractivity contribution is 0.00616. The number of amides is 1. The van der Waals surface area contributed by atoms with Crippen LogP contribution in [0, 0.1) is 0 Å². The van der Waals surface area contributed by atoms with Crippen molar-refractivity contribution in [2.45, 2.75) is 32.8 Å². The molecule has 0 spiro atoms. The van der Waals surface area contributed by atoms with Crippen LogP contribution in [0.3, 0.4) is 0 Å². The zero-order chi connectivity index (χ0) is 11.9. The van der Waals surface area contributed by atoms with Crippen LogP contribution in [0.1, 0.15) is 27.2 Å². The van der Waals surface area contributed by atoms with E-state index >= 15 is 0 Å². The van der Waals surface area contributed by atoms with Gasteiger partial charge >= 0.3 is 6.09 Å². The topological polar surface area (TPSA) is 70.0 Å². The van der Waals surface area contributed by atoms with Crippen molar-refractivity contribution in [2.24, 2.45) is 0 Å². The second kappa shape index (κ2) is 6.63. The molecule has 0 aromatic heterocycles. The highest BCUT2D eigenvalue weighted by molar-refractivity contribution is 5.68. The zero-order valence-electron chi connectivity index (χ0n) is 9.69. The van der Waals surface area contributed by atoms with Gasteiger partial charge < -0.3 is 19.8 Å². The maximum atomic E-state index is 11.6. The smallest absolute Gasteiger partial charge is 0.410 e. The van der Waals surface area contributed by atoms with E-state index in [-0.39, 0.29) is 26.3 Å². The van der Waals surface area contributed by atoms with E-state index in [9.17, 15) is 4.79 Å². The molecule has 5 nitrogen and oxygen atoms in total. The van der Waals surface area contributed by atoms with E-state index in [0.29, 0.717) is 6.42 Å². The maximum Gasteiger partial charge on any atom is 0.410 e. The van der Waals surface area contributed by atoms with Crippen molar-refractivity contribution in [3.8, 4) is 0 Å². The van der Waals surface area contributed by atoms with Gasteiger partial charge in [-0.3, -0.25) is 0 Å². The first-order valence-corrected chi connectivity index (χ1v) is 5.16. The normalized spacial score (nSPS) is 11.3. The predicted octanol–water partition coefficient (Wildman–Crippen LogP) is 0.598. The molecular weight excluding hydrogens is 198 g/mol. The molecule has 0 bridgehead atoms. The van der Waals surface area contributed by atoms with Crippen molar-refractivity contribution in [3.05, 3.63) is 0 Å². The molecule has 0 aliphatic carbocycles. The molecule has 90 valence electrons. The summed E-state index contributed by atoms with van der Waals surface area (Å²) in [6.07, 6.45) is 0.218. The third kappa shape index (κ3) is 5.59. The van der Waals surface area contributed by atoms with Gasteiger partial charge in [0.1, 0.15) is 5.60 Å². The molecule has 0 radical (unpaired) electrons. The van der Waals surface area contributed by atoms with Crippen molar-refractivity contribution in [2.75, 3.05) is 26.3 Å². The first-order valence-electron chi connectivity index (χ1n) is 5.16. The fourth-order valence-electron chi connectivity index (χ4n) is 0.909. The van der Waals surface area contributed by atoms with Crippen molar-refractivity contribution < 1.29 is 19.7 Å². The molecule has 0 saturated carbocycles. The first-order chi connectivity index (χ1) is 6.96. The summed E-state index contributed by atoms with van der Waals surface area (Å²) < 4.78 is 5.22. The minimum Gasteiger partial charge on any atom is -0.443 e. The molecule has 0 aliphatic rings. The average Bonchev–Trinajstić information content (AvgIpc) is 2.17. The van der Waals surface area contributed by atoms with Crippen molar-refractivity contribution in [1.29, 1.82) is 0 Å². The van der Waals surface area contributed by atoms with Gasteiger partial charge in [-0.1, -0.05) is 6.92 Å². The van der Waals surface area contributed by atoms with Crippen LogP contribution in [0.5, 0.6) is 0 Å². The molecule has 0 heterocycles.